The van der Waals surface area contributed by atoms with Crippen LogP contribution in [0, 0.1) is 0 Å². The monoisotopic (exact) mass is 191 g/mol. The van der Waals surface area contributed by atoms with Crippen molar-refractivity contribution in [3.05, 3.63) is 0 Å². The van der Waals surface area contributed by atoms with Crippen LogP contribution in [-0.2, 0) is 9.53 Å². The molecule has 13 heavy (non-hydrogen) atoms. The van der Waals surface area contributed by atoms with Crippen LogP contribution in [0.2, 0.25) is 0 Å². The number of hydrogen-bond acceptors (Lipinski definition) is 4. The smallest absolute Gasteiger partial charge is 0.407 e. The molecule has 0 bridgehead atoms. The van der Waals surface area contributed by atoms with Gasteiger partial charge in [0.1, 0.15) is 0 Å². The fourth-order valence-electron chi connectivity index (χ4n) is 0.717. The average Bonchev–Trinajstić information content (AvgIpc) is 1.96. The Kier molecular flexibility index (Phi) is 3.68. The molecule has 0 aliphatic heterocycles. The van der Waals surface area contributed by atoms with E-state index in [-0.39, 0.29) is 0 Å². The van der Waals surface area contributed by atoms with Crippen molar-refractivity contribution >= 4 is 12.1 Å². The van der Waals surface area contributed by atoms with Crippen LogP contribution in [0.1, 0.15) is 13.8 Å². The van der Waals surface area contributed by atoms with E-state index in [9.17, 15) is 14.7 Å². The van der Waals surface area contributed by atoms with Gasteiger partial charge in [0.15, 0.2) is 6.04 Å². The van der Waals surface area contributed by atoms with Crippen molar-refractivity contribution in [2.24, 2.45) is 0 Å². The summed E-state index contributed by atoms with van der Waals surface area (Å²) in [7, 11) is 1.11. The molecule has 0 aliphatic carbocycles. The van der Waals surface area contributed by atoms with Crippen LogP contribution in [0.3, 0.4) is 0 Å². The molecule has 0 aromatic heterocycles. The minimum atomic E-state index is -1.54. The normalized spacial score (nSPS) is 13.2. The van der Waals surface area contributed by atoms with Gasteiger partial charge in [-0.25, -0.2) is 9.59 Å². The molecule has 0 rings (SSSR count). The van der Waals surface area contributed by atoms with Gasteiger partial charge in [-0.15, -0.1) is 0 Å². The van der Waals surface area contributed by atoms with Crippen LogP contribution >= 0.6 is 0 Å². The number of aliphatic carboxylic acids is 1. The van der Waals surface area contributed by atoms with Crippen LogP contribution in [0.4, 0.5) is 4.79 Å². The number of carboxylic acids is 1. The summed E-state index contributed by atoms with van der Waals surface area (Å²) in [6.45, 7) is 2.56. The molecule has 6 nitrogen and oxygen atoms in total. The third-order valence-corrected chi connectivity index (χ3v) is 1.40. The average molecular weight is 191 g/mol. The highest BCUT2D eigenvalue weighted by atomic mass is 16.5. The first-order valence-corrected chi connectivity index (χ1v) is 3.58. The summed E-state index contributed by atoms with van der Waals surface area (Å²) in [6.07, 6.45) is -0.894. The Balaban J connectivity index is 4.46. The number of carbonyl (C=O) groups is 2. The molecule has 0 spiro atoms. The zero-order valence-electron chi connectivity index (χ0n) is 7.70. The summed E-state index contributed by atoms with van der Waals surface area (Å²) < 4.78 is 4.20. The fraction of sp³-hybridized carbons (Fsp3) is 0.714. The maximum absolute atomic E-state index is 10.7. The van der Waals surface area contributed by atoms with E-state index in [2.05, 4.69) is 4.74 Å². The van der Waals surface area contributed by atoms with Gasteiger partial charge in [-0.05, 0) is 13.8 Å². The number of aliphatic hydroxyl groups is 1. The topological polar surface area (TPSA) is 95.9 Å². The molecule has 1 atom stereocenters. The first kappa shape index (κ1) is 11.7. The largest absolute Gasteiger partial charge is 0.480 e. The number of nitrogens with one attached hydrogen (secondary N) is 1. The van der Waals surface area contributed by atoms with Crippen LogP contribution in [0.15, 0.2) is 0 Å². The second-order valence-electron chi connectivity index (χ2n) is 3.06. The molecule has 0 aliphatic rings. The van der Waals surface area contributed by atoms with Gasteiger partial charge >= 0.3 is 12.1 Å². The molecule has 0 saturated carbocycles. The van der Waals surface area contributed by atoms with Crippen molar-refractivity contribution in [2.45, 2.75) is 25.5 Å². The Morgan fingerprint density at radius 2 is 1.92 bits per heavy atom. The van der Waals surface area contributed by atoms with Gasteiger partial charge in [-0.3, -0.25) is 0 Å². The van der Waals surface area contributed by atoms with E-state index in [1.165, 1.54) is 13.8 Å². The summed E-state index contributed by atoms with van der Waals surface area (Å²) in [6, 6.07) is -1.39. The van der Waals surface area contributed by atoms with Gasteiger partial charge in [0.25, 0.3) is 0 Å². The highest BCUT2D eigenvalue weighted by Crippen LogP contribution is 2.08. The molecule has 0 heterocycles. The van der Waals surface area contributed by atoms with Crippen molar-refractivity contribution in [2.75, 3.05) is 7.11 Å². The van der Waals surface area contributed by atoms with Crippen molar-refractivity contribution in [3.63, 3.8) is 0 Å². The van der Waals surface area contributed by atoms with E-state index in [1.54, 1.807) is 0 Å². The van der Waals surface area contributed by atoms with E-state index >= 15 is 0 Å². The lowest BCUT2D eigenvalue weighted by Gasteiger charge is -2.25. The number of amides is 1. The number of hydrogen-bond donors (Lipinski definition) is 3. The third-order valence-electron chi connectivity index (χ3n) is 1.40. The molecule has 0 saturated heterocycles. The van der Waals surface area contributed by atoms with Crippen molar-refractivity contribution < 1.29 is 24.5 Å². The second kappa shape index (κ2) is 4.08. The summed E-state index contributed by atoms with van der Waals surface area (Å²) in [5.41, 5.74) is -1.54. The SMILES string of the molecule is COC(=O)NC(C(=O)O)C(C)(C)O. The summed E-state index contributed by atoms with van der Waals surface area (Å²) in [5.74, 6) is -1.32. The maximum Gasteiger partial charge on any atom is 0.407 e. The second-order valence-corrected chi connectivity index (χ2v) is 3.06. The molecule has 0 radical (unpaired) electrons. The number of ether oxygens (including phenoxy) is 1. The number of alkyl carbamates (subject to hydrolysis) is 1. The molecular formula is C7H13NO5. The van der Waals surface area contributed by atoms with Crippen molar-refractivity contribution in [1.82, 2.24) is 5.32 Å². The van der Waals surface area contributed by atoms with Crippen LogP contribution in [-0.4, -0.2) is 41.0 Å². The van der Waals surface area contributed by atoms with E-state index in [4.69, 9.17) is 5.11 Å². The highest BCUT2D eigenvalue weighted by Gasteiger charge is 2.34. The maximum atomic E-state index is 10.7. The van der Waals surface area contributed by atoms with E-state index < -0.39 is 23.7 Å². The first-order chi connectivity index (χ1) is 5.79. The van der Waals surface area contributed by atoms with Crippen molar-refractivity contribution in [3.8, 4) is 0 Å². The van der Waals surface area contributed by atoms with Crippen LogP contribution < -0.4 is 5.32 Å². The number of methoxy groups -OCH3 is 1. The Bertz CT molecular complexity index is 207. The van der Waals surface area contributed by atoms with Gasteiger partial charge in [0, 0.05) is 0 Å². The molecular weight excluding hydrogens is 178 g/mol. The Morgan fingerprint density at radius 1 is 1.46 bits per heavy atom. The molecule has 6 heteroatoms. The fourth-order valence-corrected chi connectivity index (χ4v) is 0.717. The van der Waals surface area contributed by atoms with Gasteiger partial charge in [-0.2, -0.15) is 0 Å². The number of carbonyl (C=O) groups excluding carboxylic acids is 1. The minimum Gasteiger partial charge on any atom is -0.480 e. The van der Waals surface area contributed by atoms with E-state index in [0.717, 1.165) is 7.11 Å². The summed E-state index contributed by atoms with van der Waals surface area (Å²) in [4.78, 5) is 21.2. The Hall–Kier alpha value is -1.30. The Morgan fingerprint density at radius 3 is 2.15 bits per heavy atom. The zero-order valence-corrected chi connectivity index (χ0v) is 7.70. The first-order valence-electron chi connectivity index (χ1n) is 3.58. The summed E-state index contributed by atoms with van der Waals surface area (Å²) >= 11 is 0. The lowest BCUT2D eigenvalue weighted by molar-refractivity contribution is -0.145. The quantitative estimate of drug-likeness (QED) is 0.562. The molecule has 1 unspecified atom stereocenters. The van der Waals surface area contributed by atoms with Gasteiger partial charge in [0.05, 0.1) is 12.7 Å². The predicted octanol–water partition coefficient (Wildman–Crippen LogP) is -0.433. The molecule has 0 aromatic rings. The van der Waals surface area contributed by atoms with Crippen LogP contribution in [0.25, 0.3) is 0 Å². The van der Waals surface area contributed by atoms with Crippen molar-refractivity contribution in [1.29, 1.82) is 0 Å². The van der Waals surface area contributed by atoms with E-state index in [0.29, 0.717) is 0 Å². The lowest BCUT2D eigenvalue weighted by Crippen LogP contribution is -2.54. The Labute approximate surface area is 75.5 Å². The molecule has 1 amide bonds. The van der Waals surface area contributed by atoms with Gasteiger partial charge in [-0.1, -0.05) is 0 Å². The standard InChI is InChI=1S/C7H13NO5/c1-7(2,12)4(5(9)10)8-6(11)13-3/h4,12H,1-3H3,(H,8,11)(H,9,10). The van der Waals surface area contributed by atoms with Gasteiger partial charge < -0.3 is 20.3 Å². The molecule has 76 valence electrons. The molecule has 3 N–H and O–H groups in total. The van der Waals surface area contributed by atoms with Gasteiger partial charge in [0.2, 0.25) is 0 Å². The minimum absolute atomic E-state index is 0.894. The molecule has 0 aromatic carbocycles. The lowest BCUT2D eigenvalue weighted by atomic mass is 9.99. The third kappa shape index (κ3) is 3.75. The number of rotatable bonds is 3. The number of carboxylic acid groups (broad SMARTS) is 1. The van der Waals surface area contributed by atoms with Crippen LogP contribution in [0.5, 0.6) is 0 Å². The zero-order chi connectivity index (χ0) is 10.6. The molecule has 0 fully saturated rings. The highest BCUT2D eigenvalue weighted by molar-refractivity contribution is 5.81. The predicted molar refractivity (Wildman–Crippen MR) is 43.3 cm³/mol. The summed E-state index contributed by atoms with van der Waals surface area (Å²) in [5, 5.41) is 20.0. The van der Waals surface area contributed by atoms with E-state index in [1.807, 2.05) is 5.32 Å².